The highest BCUT2D eigenvalue weighted by atomic mass is 19.1. The van der Waals surface area contributed by atoms with Crippen molar-refractivity contribution in [3.63, 3.8) is 0 Å². The number of fused-ring (bicyclic) bond motifs is 2. The van der Waals surface area contributed by atoms with Gasteiger partial charge in [0.25, 0.3) is 5.56 Å². The van der Waals surface area contributed by atoms with Crippen LogP contribution < -0.4 is 21.5 Å². The first-order valence-electron chi connectivity index (χ1n) is 13.7. The Bertz CT molecular complexity index is 2130. The highest BCUT2D eigenvalue weighted by Gasteiger charge is 2.22. The minimum Gasteiger partial charge on any atom is -0.357 e. The summed E-state index contributed by atoms with van der Waals surface area (Å²) in [5.41, 5.74) is 2.41. The van der Waals surface area contributed by atoms with Gasteiger partial charge in [-0.2, -0.15) is 4.98 Å². The summed E-state index contributed by atoms with van der Waals surface area (Å²) in [5.74, 6) is 0.272. The maximum absolute atomic E-state index is 15.0. The highest BCUT2D eigenvalue weighted by molar-refractivity contribution is 6.02. The number of nitrogens with zero attached hydrogens (tertiary/aromatic N) is 6. The lowest BCUT2D eigenvalue weighted by Gasteiger charge is -2.19. The van der Waals surface area contributed by atoms with E-state index in [-0.39, 0.29) is 16.7 Å². The van der Waals surface area contributed by atoms with Crippen LogP contribution in [0.5, 0.6) is 0 Å². The molecule has 0 radical (unpaired) electrons. The molecule has 2 aromatic carbocycles. The van der Waals surface area contributed by atoms with Gasteiger partial charge in [-0.05, 0) is 42.0 Å². The van der Waals surface area contributed by atoms with Gasteiger partial charge in [0.2, 0.25) is 5.95 Å². The van der Waals surface area contributed by atoms with Crippen molar-refractivity contribution < 1.29 is 13.7 Å². The summed E-state index contributed by atoms with van der Waals surface area (Å²) in [7, 11) is 3.28. The zero-order valence-electron chi connectivity index (χ0n) is 24.6. The molecule has 0 unspecified atom stereocenters. The summed E-state index contributed by atoms with van der Waals surface area (Å²) in [6, 6.07) is 10.4. The van der Waals surface area contributed by atoms with E-state index >= 15 is 0 Å². The molecule has 222 valence electrons. The van der Waals surface area contributed by atoms with Crippen LogP contribution in [0.2, 0.25) is 0 Å². The Morgan fingerprint density at radius 3 is 2.45 bits per heavy atom. The quantitative estimate of drug-likeness (QED) is 0.228. The molecule has 0 spiro atoms. The lowest BCUT2D eigenvalue weighted by atomic mass is 9.95. The minimum absolute atomic E-state index is 0.122. The molecule has 0 aliphatic heterocycles. The molecule has 4 heterocycles. The van der Waals surface area contributed by atoms with Gasteiger partial charge in [0.05, 0.1) is 29.5 Å². The van der Waals surface area contributed by atoms with Crippen molar-refractivity contribution in [1.29, 1.82) is 0 Å². The third kappa shape index (κ3) is 5.30. The van der Waals surface area contributed by atoms with Crippen LogP contribution in [-0.4, -0.2) is 42.7 Å². The fourth-order valence-corrected chi connectivity index (χ4v) is 4.71. The fourth-order valence-electron chi connectivity index (χ4n) is 4.71. The lowest BCUT2D eigenvalue weighted by Crippen LogP contribution is -2.23. The van der Waals surface area contributed by atoms with E-state index in [9.17, 15) is 14.0 Å². The van der Waals surface area contributed by atoms with Crippen LogP contribution in [0.4, 0.5) is 26.5 Å². The molecule has 0 aliphatic carbocycles. The molecule has 6 rings (SSSR count). The van der Waals surface area contributed by atoms with Gasteiger partial charge in [-0.25, -0.2) is 24.1 Å². The Balaban J connectivity index is 1.33. The zero-order valence-corrected chi connectivity index (χ0v) is 24.6. The van der Waals surface area contributed by atoms with Crippen molar-refractivity contribution in [2.75, 3.05) is 23.0 Å². The molecule has 0 saturated carbocycles. The van der Waals surface area contributed by atoms with Gasteiger partial charge >= 0.3 is 6.03 Å². The Morgan fingerprint density at radius 1 is 0.909 bits per heavy atom. The van der Waals surface area contributed by atoms with Crippen molar-refractivity contribution in [3.05, 3.63) is 83.1 Å². The van der Waals surface area contributed by atoms with Gasteiger partial charge in [0.1, 0.15) is 17.3 Å². The van der Waals surface area contributed by atoms with Crippen LogP contribution in [0.15, 0.2) is 70.4 Å². The summed E-state index contributed by atoms with van der Waals surface area (Å²) in [6.45, 7) is 5.96. The predicted molar refractivity (Wildman–Crippen MR) is 166 cm³/mol. The molecule has 0 fully saturated rings. The first-order chi connectivity index (χ1) is 21.0. The third-order valence-electron chi connectivity index (χ3n) is 7.03. The van der Waals surface area contributed by atoms with Gasteiger partial charge in [-0.3, -0.25) is 9.36 Å². The number of hydrogen-bond donors (Lipinski definition) is 3. The van der Waals surface area contributed by atoms with E-state index in [0.29, 0.717) is 56.5 Å². The maximum Gasteiger partial charge on any atom is 0.323 e. The Morgan fingerprint density at radius 2 is 1.68 bits per heavy atom. The molecule has 13 heteroatoms. The second-order valence-electron chi connectivity index (χ2n) is 11.2. The fraction of sp³-hybridized carbons (Fsp3) is 0.194. The molecule has 0 bridgehead atoms. The van der Waals surface area contributed by atoms with E-state index in [0.717, 1.165) is 5.39 Å². The second kappa shape index (κ2) is 10.8. The van der Waals surface area contributed by atoms with Gasteiger partial charge in [0.15, 0.2) is 5.58 Å². The van der Waals surface area contributed by atoms with Gasteiger partial charge in [-0.15, -0.1) is 0 Å². The van der Waals surface area contributed by atoms with Gasteiger partial charge in [0, 0.05) is 47.6 Å². The molecular weight excluding hydrogens is 565 g/mol. The number of aryl methyl sites for hydroxylation is 1. The highest BCUT2D eigenvalue weighted by Crippen LogP contribution is 2.31. The number of carbonyl (C=O) groups is 1. The number of pyridine rings is 1. The molecule has 0 aliphatic rings. The standard InChI is InChI=1S/C31H28FN9O3/c1-31(2,3)28-34-15-23(25(39-28)17-7-9-24-18(10-17)14-36-44-24)38-30(43)37-22-12-16(6-8-21(22)32)20-11-19-13-35-29(33-4)40-26(19)41(5)27(20)42/h6-15H,1-5H3,(H,33,35,40)(H2,37,38,43). The van der Waals surface area contributed by atoms with Crippen molar-refractivity contribution in [1.82, 2.24) is 29.7 Å². The molecule has 2 amide bonds. The van der Waals surface area contributed by atoms with Crippen molar-refractivity contribution >= 4 is 45.4 Å². The largest absolute Gasteiger partial charge is 0.357 e. The van der Waals surface area contributed by atoms with Gasteiger partial charge in [-0.1, -0.05) is 32.0 Å². The van der Waals surface area contributed by atoms with Crippen LogP contribution >= 0.6 is 0 Å². The summed E-state index contributed by atoms with van der Waals surface area (Å²) in [4.78, 5) is 44.3. The lowest BCUT2D eigenvalue weighted by molar-refractivity contribution is 0.262. The molecule has 4 aromatic heterocycles. The number of rotatable bonds is 5. The smallest absolute Gasteiger partial charge is 0.323 e. The van der Waals surface area contributed by atoms with E-state index in [2.05, 4.69) is 36.1 Å². The third-order valence-corrected chi connectivity index (χ3v) is 7.03. The SMILES string of the molecule is CNc1ncc2cc(-c3ccc(F)c(NC(=O)Nc4cnc(C(C)(C)C)nc4-c4ccc5oncc5c4)c3)c(=O)n(C)c2n1. The number of aromatic nitrogens is 6. The first kappa shape index (κ1) is 28.4. The molecule has 0 saturated heterocycles. The van der Waals surface area contributed by atoms with Crippen molar-refractivity contribution in [3.8, 4) is 22.4 Å². The number of nitrogens with one attached hydrogen (secondary N) is 3. The summed E-state index contributed by atoms with van der Waals surface area (Å²) in [6.07, 6.45) is 4.71. The number of halogens is 1. The Kier molecular flexibility index (Phi) is 7.00. The average molecular weight is 594 g/mol. The number of benzene rings is 2. The first-order valence-corrected chi connectivity index (χ1v) is 13.7. The zero-order chi connectivity index (χ0) is 31.2. The van der Waals surface area contributed by atoms with Gasteiger partial charge < -0.3 is 20.5 Å². The summed E-state index contributed by atoms with van der Waals surface area (Å²) >= 11 is 0. The minimum atomic E-state index is -0.722. The summed E-state index contributed by atoms with van der Waals surface area (Å²) < 4.78 is 21.6. The van der Waals surface area contributed by atoms with E-state index in [1.165, 1.54) is 29.0 Å². The molecular formula is C31H28FN9O3. The number of hydrogen-bond acceptors (Lipinski definition) is 9. The summed E-state index contributed by atoms with van der Waals surface area (Å²) in [5, 5.41) is 13.4. The van der Waals surface area contributed by atoms with Crippen LogP contribution in [-0.2, 0) is 12.5 Å². The predicted octanol–water partition coefficient (Wildman–Crippen LogP) is 5.72. The number of urea groups is 1. The maximum atomic E-state index is 15.0. The van der Waals surface area contributed by atoms with Crippen LogP contribution in [0.1, 0.15) is 26.6 Å². The van der Waals surface area contributed by atoms with Crippen LogP contribution in [0.25, 0.3) is 44.4 Å². The molecule has 6 aromatic rings. The second-order valence-corrected chi connectivity index (χ2v) is 11.2. The van der Waals surface area contributed by atoms with E-state index in [4.69, 9.17) is 9.51 Å². The monoisotopic (exact) mass is 593 g/mol. The normalized spacial score (nSPS) is 11.6. The molecule has 0 atom stereocenters. The number of anilines is 3. The Labute approximate surface area is 250 Å². The number of carbonyl (C=O) groups excluding carboxylic acids is 1. The van der Waals surface area contributed by atoms with Crippen LogP contribution in [0.3, 0.4) is 0 Å². The van der Waals surface area contributed by atoms with Crippen molar-refractivity contribution in [2.24, 2.45) is 7.05 Å². The molecule has 3 N–H and O–H groups in total. The Hall–Kier alpha value is -5.72. The average Bonchev–Trinajstić information content (AvgIpc) is 3.48. The van der Waals surface area contributed by atoms with E-state index in [1.807, 2.05) is 32.9 Å². The van der Waals surface area contributed by atoms with Crippen LogP contribution in [0, 0.1) is 5.82 Å². The molecule has 12 nitrogen and oxygen atoms in total. The van der Waals surface area contributed by atoms with Crippen molar-refractivity contribution in [2.45, 2.75) is 26.2 Å². The number of amides is 2. The van der Waals surface area contributed by atoms with E-state index < -0.39 is 11.8 Å². The molecule has 44 heavy (non-hydrogen) atoms. The topological polar surface area (TPSA) is 153 Å². The van der Waals surface area contributed by atoms with E-state index in [1.54, 1.807) is 38.6 Å².